The van der Waals surface area contributed by atoms with Gasteiger partial charge in [0.15, 0.2) is 0 Å². The molecule has 6 nitrogen and oxygen atoms in total. The van der Waals surface area contributed by atoms with Crippen LogP contribution >= 0.6 is 0 Å². The summed E-state index contributed by atoms with van der Waals surface area (Å²) >= 11 is 0. The number of aromatic nitrogens is 2. The van der Waals surface area contributed by atoms with Gasteiger partial charge in [-0.05, 0) is 45.0 Å². The molecule has 0 bridgehead atoms. The molecule has 3 heterocycles. The van der Waals surface area contributed by atoms with E-state index in [0.29, 0.717) is 48.6 Å². The first-order valence-electron chi connectivity index (χ1n) is 9.76. The molecule has 2 aromatic heterocycles. The summed E-state index contributed by atoms with van der Waals surface area (Å²) in [6.07, 6.45) is 0.769. The van der Waals surface area contributed by atoms with Gasteiger partial charge in [-0.3, -0.25) is 4.98 Å². The summed E-state index contributed by atoms with van der Waals surface area (Å²) in [7, 11) is 0. The van der Waals surface area contributed by atoms with E-state index < -0.39 is 23.3 Å². The van der Waals surface area contributed by atoms with Gasteiger partial charge in [0, 0.05) is 24.5 Å². The minimum Gasteiger partial charge on any atom is -0.443 e. The second kappa shape index (κ2) is 7.68. The lowest BCUT2D eigenvalue weighted by Crippen LogP contribution is -2.36. The molecule has 158 valence electrons. The van der Waals surface area contributed by atoms with Crippen LogP contribution in [-0.4, -0.2) is 47.5 Å². The minimum absolute atomic E-state index is 0.256. The highest BCUT2D eigenvalue weighted by atomic mass is 19.1. The fraction of sp³-hybridized carbons (Fsp3) is 0.364. The van der Waals surface area contributed by atoms with Crippen LogP contribution in [0, 0.1) is 11.6 Å². The number of morpholine rings is 1. The number of nitrogens with zero attached hydrogens (tertiary/aromatic N) is 3. The summed E-state index contributed by atoms with van der Waals surface area (Å²) in [5, 5.41) is 0.622. The molecular weight excluding hydrogens is 392 g/mol. The summed E-state index contributed by atoms with van der Waals surface area (Å²) in [6, 6.07) is 7.08. The predicted molar refractivity (Wildman–Crippen MR) is 110 cm³/mol. The topological polar surface area (TPSA) is 56.6 Å². The van der Waals surface area contributed by atoms with Crippen LogP contribution in [-0.2, 0) is 9.47 Å². The molecule has 0 aliphatic carbocycles. The molecule has 1 aromatic carbocycles. The standard InChI is InChI=1S/C22H23F2N3O3/c1-22(2,3)30-21(28)27-18-11-15(23)5-4-14(18)10-19(27)17-12-16(24)20(13-25-17)26-6-8-29-9-7-26/h4-5,10-13H,6-9H2,1-3H3. The lowest BCUT2D eigenvalue weighted by Gasteiger charge is -2.28. The van der Waals surface area contributed by atoms with Crippen LogP contribution in [0.3, 0.4) is 0 Å². The Labute approximate surface area is 173 Å². The van der Waals surface area contributed by atoms with E-state index in [2.05, 4.69) is 4.98 Å². The van der Waals surface area contributed by atoms with Gasteiger partial charge >= 0.3 is 6.09 Å². The molecule has 0 saturated carbocycles. The van der Waals surface area contributed by atoms with Gasteiger partial charge in [-0.1, -0.05) is 0 Å². The number of carbonyl (C=O) groups excluding carboxylic acids is 1. The molecule has 0 atom stereocenters. The maximum Gasteiger partial charge on any atom is 0.419 e. The first kappa shape index (κ1) is 20.3. The maximum atomic E-state index is 14.9. The summed E-state index contributed by atoms with van der Waals surface area (Å²) < 4.78 is 40.9. The number of pyridine rings is 1. The molecule has 1 aliphatic heterocycles. The van der Waals surface area contributed by atoms with E-state index in [1.807, 2.05) is 4.90 Å². The molecule has 8 heteroatoms. The summed E-state index contributed by atoms with van der Waals surface area (Å²) in [6.45, 7) is 7.44. The number of anilines is 1. The number of halogens is 2. The van der Waals surface area contributed by atoms with Crippen molar-refractivity contribution in [3.8, 4) is 11.4 Å². The largest absolute Gasteiger partial charge is 0.443 e. The number of carbonyl (C=O) groups is 1. The minimum atomic E-state index is -0.753. The highest BCUT2D eigenvalue weighted by molar-refractivity contribution is 5.95. The fourth-order valence-electron chi connectivity index (χ4n) is 3.47. The average molecular weight is 415 g/mol. The zero-order valence-corrected chi connectivity index (χ0v) is 17.1. The van der Waals surface area contributed by atoms with E-state index in [9.17, 15) is 13.6 Å². The van der Waals surface area contributed by atoms with Crippen molar-refractivity contribution < 1.29 is 23.0 Å². The Bertz CT molecular complexity index is 1100. The van der Waals surface area contributed by atoms with Gasteiger partial charge in [-0.25, -0.2) is 18.1 Å². The van der Waals surface area contributed by atoms with Gasteiger partial charge in [0.25, 0.3) is 0 Å². The third-order valence-electron chi connectivity index (χ3n) is 4.79. The smallest absolute Gasteiger partial charge is 0.419 e. The summed E-state index contributed by atoms with van der Waals surface area (Å²) in [5.74, 6) is -0.937. The molecule has 4 rings (SSSR count). The van der Waals surface area contributed by atoms with Crippen LogP contribution in [0.2, 0.25) is 0 Å². The SMILES string of the molecule is CC(C)(C)OC(=O)n1c(-c2cc(F)c(N3CCOCC3)cn2)cc2ccc(F)cc21. The number of hydrogen-bond acceptors (Lipinski definition) is 5. The second-order valence-electron chi connectivity index (χ2n) is 8.17. The van der Waals surface area contributed by atoms with Crippen molar-refractivity contribution in [3.63, 3.8) is 0 Å². The van der Waals surface area contributed by atoms with E-state index in [1.165, 1.54) is 29.0 Å². The van der Waals surface area contributed by atoms with E-state index in [0.717, 1.165) is 0 Å². The lowest BCUT2D eigenvalue weighted by molar-refractivity contribution is 0.0547. The van der Waals surface area contributed by atoms with Crippen LogP contribution in [0.4, 0.5) is 19.3 Å². The van der Waals surface area contributed by atoms with Crippen LogP contribution in [0.15, 0.2) is 36.5 Å². The second-order valence-corrected chi connectivity index (χ2v) is 8.17. The molecule has 0 radical (unpaired) electrons. The van der Waals surface area contributed by atoms with Crippen LogP contribution in [0.5, 0.6) is 0 Å². The van der Waals surface area contributed by atoms with E-state index >= 15 is 0 Å². The molecule has 30 heavy (non-hydrogen) atoms. The predicted octanol–water partition coefficient (Wildman–Crippen LogP) is 4.60. The molecule has 1 aliphatic rings. The number of fused-ring (bicyclic) bond motifs is 1. The van der Waals surface area contributed by atoms with Crippen molar-refractivity contribution >= 4 is 22.7 Å². The van der Waals surface area contributed by atoms with Crippen molar-refractivity contribution in [3.05, 3.63) is 48.2 Å². The number of benzene rings is 1. The molecule has 3 aromatic rings. The maximum absolute atomic E-state index is 14.9. The number of hydrogen-bond donors (Lipinski definition) is 0. The zero-order chi connectivity index (χ0) is 21.5. The molecule has 0 spiro atoms. The van der Waals surface area contributed by atoms with Crippen LogP contribution in [0.25, 0.3) is 22.3 Å². The van der Waals surface area contributed by atoms with Gasteiger partial charge in [-0.2, -0.15) is 0 Å². The van der Waals surface area contributed by atoms with Crippen molar-refractivity contribution in [1.29, 1.82) is 0 Å². The van der Waals surface area contributed by atoms with Gasteiger partial charge in [0.1, 0.15) is 17.2 Å². The van der Waals surface area contributed by atoms with Crippen molar-refractivity contribution in [2.24, 2.45) is 0 Å². The van der Waals surface area contributed by atoms with Crippen LogP contribution < -0.4 is 4.90 Å². The Morgan fingerprint density at radius 1 is 1.13 bits per heavy atom. The van der Waals surface area contributed by atoms with Gasteiger partial charge < -0.3 is 14.4 Å². The molecule has 0 N–H and O–H groups in total. The number of ether oxygens (including phenoxy) is 2. The Balaban J connectivity index is 1.81. The highest BCUT2D eigenvalue weighted by Gasteiger charge is 2.25. The van der Waals surface area contributed by atoms with Gasteiger partial charge in [0.2, 0.25) is 0 Å². The third-order valence-corrected chi connectivity index (χ3v) is 4.79. The van der Waals surface area contributed by atoms with Crippen LogP contribution in [0.1, 0.15) is 20.8 Å². The van der Waals surface area contributed by atoms with Crippen molar-refractivity contribution in [1.82, 2.24) is 9.55 Å². The Hall–Kier alpha value is -3.00. The van der Waals surface area contributed by atoms with E-state index in [1.54, 1.807) is 32.9 Å². The molecule has 1 fully saturated rings. The number of rotatable bonds is 2. The first-order chi connectivity index (χ1) is 14.2. The zero-order valence-electron chi connectivity index (χ0n) is 17.1. The third kappa shape index (κ3) is 4.00. The summed E-state index contributed by atoms with van der Waals surface area (Å²) in [5.41, 5.74) is 0.549. The lowest BCUT2D eigenvalue weighted by atomic mass is 10.2. The quantitative estimate of drug-likeness (QED) is 0.612. The van der Waals surface area contributed by atoms with E-state index in [4.69, 9.17) is 9.47 Å². The molecule has 0 unspecified atom stereocenters. The van der Waals surface area contributed by atoms with Crippen molar-refractivity contribution in [2.75, 3.05) is 31.2 Å². The Kier molecular flexibility index (Phi) is 5.19. The monoisotopic (exact) mass is 415 g/mol. The summed E-state index contributed by atoms with van der Waals surface area (Å²) in [4.78, 5) is 19.2. The van der Waals surface area contributed by atoms with Gasteiger partial charge in [-0.15, -0.1) is 0 Å². The Morgan fingerprint density at radius 2 is 1.87 bits per heavy atom. The average Bonchev–Trinajstić information content (AvgIpc) is 3.06. The Morgan fingerprint density at radius 3 is 2.53 bits per heavy atom. The van der Waals surface area contributed by atoms with Gasteiger partial charge in [0.05, 0.1) is 42.0 Å². The first-order valence-corrected chi connectivity index (χ1v) is 9.76. The molecule has 0 amide bonds. The normalized spacial score (nSPS) is 14.9. The van der Waals surface area contributed by atoms with Crippen molar-refractivity contribution in [2.45, 2.75) is 26.4 Å². The fourth-order valence-corrected chi connectivity index (χ4v) is 3.47. The van der Waals surface area contributed by atoms with E-state index in [-0.39, 0.29) is 5.69 Å². The highest BCUT2D eigenvalue weighted by Crippen LogP contribution is 2.31. The molecular formula is C22H23F2N3O3. The molecule has 1 saturated heterocycles.